The van der Waals surface area contributed by atoms with Crippen LogP contribution in [0.3, 0.4) is 0 Å². The van der Waals surface area contributed by atoms with Crippen molar-refractivity contribution in [2.24, 2.45) is 0 Å². The average Bonchev–Trinajstić information content (AvgIpc) is 2.32. The van der Waals surface area contributed by atoms with Gasteiger partial charge in [0, 0.05) is 19.3 Å². The van der Waals surface area contributed by atoms with Crippen molar-refractivity contribution >= 4 is 17.7 Å². The summed E-state index contributed by atoms with van der Waals surface area (Å²) in [6.07, 6.45) is 2.64. The second-order valence-corrected chi connectivity index (χ2v) is 6.68. The molecule has 0 aromatic rings. The Morgan fingerprint density at radius 3 is 2.14 bits per heavy atom. The molecule has 0 saturated heterocycles. The van der Waals surface area contributed by atoms with Gasteiger partial charge >= 0.3 is 11.9 Å². The number of unbranched alkanes of at least 4 members (excludes halogenated alkanes) is 1. The molecule has 0 amide bonds. The molecule has 1 unspecified atom stereocenters. The number of carboxylic acid groups (broad SMARTS) is 1. The highest BCUT2D eigenvalue weighted by Crippen LogP contribution is 2.09. The third-order valence-electron chi connectivity index (χ3n) is 3.07. The van der Waals surface area contributed by atoms with Crippen LogP contribution >= 0.6 is 0 Å². The fourth-order valence-electron chi connectivity index (χ4n) is 2.19. The van der Waals surface area contributed by atoms with Gasteiger partial charge in [-0.25, -0.2) is 0 Å². The van der Waals surface area contributed by atoms with E-state index in [4.69, 9.17) is 9.84 Å². The molecule has 0 aromatic heterocycles. The molecule has 0 radical (unpaired) electrons. The summed E-state index contributed by atoms with van der Waals surface area (Å²) < 4.78 is 5.80. The second kappa shape index (κ2) is 10.3. The normalized spacial score (nSPS) is 12.7. The standard InChI is InChI=1S/C16H29NO5/c1-5-8-13(18)9-6-7-10-16(21)22-14(11-15(19)20)12-17(2,3)4/h14H,5-12H2,1-4H3/p+1. The summed E-state index contributed by atoms with van der Waals surface area (Å²) in [5.41, 5.74) is 0. The Morgan fingerprint density at radius 2 is 1.64 bits per heavy atom. The topological polar surface area (TPSA) is 80.7 Å². The van der Waals surface area contributed by atoms with Crippen molar-refractivity contribution < 1.29 is 28.7 Å². The number of aliphatic carboxylic acids is 1. The number of ketones is 1. The number of esters is 1. The number of carboxylic acids is 1. The summed E-state index contributed by atoms with van der Waals surface area (Å²) in [6, 6.07) is 0. The first kappa shape index (κ1) is 20.6. The summed E-state index contributed by atoms with van der Waals surface area (Å²) in [6.45, 7) is 2.42. The van der Waals surface area contributed by atoms with E-state index in [1.807, 2.05) is 28.1 Å². The lowest BCUT2D eigenvalue weighted by Gasteiger charge is -2.28. The number of likely N-dealkylation sites (N-methyl/N-ethyl adjacent to an activating group) is 1. The van der Waals surface area contributed by atoms with Gasteiger partial charge in [0.05, 0.1) is 27.6 Å². The lowest BCUT2D eigenvalue weighted by Crippen LogP contribution is -2.43. The maximum Gasteiger partial charge on any atom is 0.307 e. The van der Waals surface area contributed by atoms with Gasteiger partial charge in [0.2, 0.25) is 0 Å². The van der Waals surface area contributed by atoms with E-state index in [-0.39, 0.29) is 24.6 Å². The molecule has 0 aliphatic heterocycles. The third kappa shape index (κ3) is 12.3. The van der Waals surface area contributed by atoms with Crippen LogP contribution in [0.25, 0.3) is 0 Å². The number of nitrogens with zero attached hydrogens (tertiary/aromatic N) is 1. The number of carbonyl (C=O) groups excluding carboxylic acids is 2. The number of rotatable bonds is 12. The van der Waals surface area contributed by atoms with Gasteiger partial charge in [-0.05, 0) is 19.3 Å². The van der Waals surface area contributed by atoms with Gasteiger partial charge in [-0.15, -0.1) is 0 Å². The SMILES string of the molecule is CCCC(=O)CCCCC(=O)OC(CC(=O)O)C[N+](C)(C)C. The molecule has 1 N–H and O–H groups in total. The highest BCUT2D eigenvalue weighted by molar-refractivity contribution is 5.78. The molecule has 0 aliphatic carbocycles. The number of hydrogen-bond acceptors (Lipinski definition) is 4. The number of ether oxygens (including phenoxy) is 1. The van der Waals surface area contributed by atoms with Gasteiger partial charge in [-0.2, -0.15) is 0 Å². The first-order chi connectivity index (χ1) is 10.1. The highest BCUT2D eigenvalue weighted by atomic mass is 16.5. The average molecular weight is 316 g/mol. The van der Waals surface area contributed by atoms with Crippen molar-refractivity contribution in [3.05, 3.63) is 0 Å². The lowest BCUT2D eigenvalue weighted by molar-refractivity contribution is -0.873. The van der Waals surface area contributed by atoms with E-state index >= 15 is 0 Å². The Labute approximate surface area is 133 Å². The van der Waals surface area contributed by atoms with Crippen LogP contribution in [0.4, 0.5) is 0 Å². The first-order valence-electron chi connectivity index (χ1n) is 7.87. The molecule has 0 saturated carbocycles. The van der Waals surface area contributed by atoms with E-state index in [0.717, 1.165) is 6.42 Å². The maximum atomic E-state index is 11.8. The lowest BCUT2D eigenvalue weighted by atomic mass is 10.1. The molecule has 0 aromatic carbocycles. The van der Waals surface area contributed by atoms with Crippen molar-refractivity contribution in [2.75, 3.05) is 27.7 Å². The van der Waals surface area contributed by atoms with Crippen molar-refractivity contribution in [2.45, 2.75) is 58.0 Å². The zero-order chi connectivity index (χ0) is 17.2. The fourth-order valence-corrected chi connectivity index (χ4v) is 2.19. The predicted octanol–water partition coefficient (Wildman–Crippen LogP) is 2.01. The van der Waals surface area contributed by atoms with Crippen LogP contribution < -0.4 is 0 Å². The molecular weight excluding hydrogens is 286 g/mol. The minimum atomic E-state index is -0.976. The van der Waals surface area contributed by atoms with Gasteiger partial charge in [0.25, 0.3) is 0 Å². The van der Waals surface area contributed by atoms with Crippen LogP contribution in [-0.4, -0.2) is 61.1 Å². The monoisotopic (exact) mass is 316 g/mol. The number of quaternary nitrogens is 1. The van der Waals surface area contributed by atoms with E-state index in [9.17, 15) is 14.4 Å². The largest absolute Gasteiger partial charge is 0.481 e. The van der Waals surface area contributed by atoms with E-state index in [1.54, 1.807) is 0 Å². The van der Waals surface area contributed by atoms with Crippen LogP contribution in [0.2, 0.25) is 0 Å². The minimum absolute atomic E-state index is 0.184. The van der Waals surface area contributed by atoms with Gasteiger partial charge in [-0.3, -0.25) is 14.4 Å². The molecular formula is C16H30NO5+. The number of carbonyl (C=O) groups is 3. The van der Waals surface area contributed by atoms with Crippen LogP contribution in [0.15, 0.2) is 0 Å². The Morgan fingerprint density at radius 1 is 1.05 bits per heavy atom. The van der Waals surface area contributed by atoms with Gasteiger partial charge < -0.3 is 14.3 Å². The smallest absolute Gasteiger partial charge is 0.307 e. The van der Waals surface area contributed by atoms with Crippen LogP contribution in [0.1, 0.15) is 51.9 Å². The number of Topliss-reactive ketones (excluding diaryl/α,β-unsaturated/α-hetero) is 1. The quantitative estimate of drug-likeness (QED) is 0.338. The van der Waals surface area contributed by atoms with Crippen molar-refractivity contribution in [3.8, 4) is 0 Å². The summed E-state index contributed by atoms with van der Waals surface area (Å²) in [4.78, 5) is 34.0. The molecule has 0 heterocycles. The zero-order valence-corrected chi connectivity index (χ0v) is 14.3. The van der Waals surface area contributed by atoms with Crippen molar-refractivity contribution in [3.63, 3.8) is 0 Å². The summed E-state index contributed by atoms with van der Waals surface area (Å²) >= 11 is 0. The van der Waals surface area contributed by atoms with Gasteiger partial charge in [0.1, 0.15) is 12.3 Å². The fraction of sp³-hybridized carbons (Fsp3) is 0.812. The third-order valence-corrected chi connectivity index (χ3v) is 3.07. The second-order valence-electron chi connectivity index (χ2n) is 6.68. The Kier molecular flexibility index (Phi) is 9.65. The Balaban J connectivity index is 4.12. The molecule has 0 rings (SSSR count). The molecule has 0 spiro atoms. The van der Waals surface area contributed by atoms with Crippen molar-refractivity contribution in [1.82, 2.24) is 0 Å². The van der Waals surface area contributed by atoms with E-state index in [0.29, 0.717) is 36.7 Å². The molecule has 22 heavy (non-hydrogen) atoms. The highest BCUT2D eigenvalue weighted by Gasteiger charge is 2.24. The van der Waals surface area contributed by atoms with Gasteiger partial charge in [0.15, 0.2) is 6.10 Å². The van der Waals surface area contributed by atoms with E-state index < -0.39 is 12.1 Å². The number of hydrogen-bond donors (Lipinski definition) is 1. The Bertz CT molecular complexity index is 373. The summed E-state index contributed by atoms with van der Waals surface area (Å²) in [5.74, 6) is -1.14. The van der Waals surface area contributed by atoms with Crippen LogP contribution in [0.5, 0.6) is 0 Å². The summed E-state index contributed by atoms with van der Waals surface area (Å²) in [7, 11) is 5.76. The molecule has 128 valence electrons. The van der Waals surface area contributed by atoms with E-state index in [2.05, 4.69) is 0 Å². The van der Waals surface area contributed by atoms with Crippen LogP contribution in [-0.2, 0) is 19.1 Å². The Hall–Kier alpha value is -1.43. The van der Waals surface area contributed by atoms with Gasteiger partial charge in [-0.1, -0.05) is 6.92 Å². The molecule has 0 bridgehead atoms. The maximum absolute atomic E-state index is 11.8. The van der Waals surface area contributed by atoms with Crippen molar-refractivity contribution in [1.29, 1.82) is 0 Å². The summed E-state index contributed by atoms with van der Waals surface area (Å²) in [5, 5.41) is 8.88. The minimum Gasteiger partial charge on any atom is -0.481 e. The molecule has 6 heteroatoms. The molecule has 0 fully saturated rings. The zero-order valence-electron chi connectivity index (χ0n) is 14.3. The molecule has 6 nitrogen and oxygen atoms in total. The van der Waals surface area contributed by atoms with E-state index in [1.165, 1.54) is 0 Å². The molecule has 0 aliphatic rings. The first-order valence-corrected chi connectivity index (χ1v) is 7.87. The van der Waals surface area contributed by atoms with Crippen LogP contribution in [0, 0.1) is 0 Å². The molecule has 1 atom stereocenters. The predicted molar refractivity (Wildman–Crippen MR) is 83.4 cm³/mol.